The van der Waals surface area contributed by atoms with Gasteiger partial charge in [0.15, 0.2) is 0 Å². The lowest BCUT2D eigenvalue weighted by atomic mass is 10.1. The molecule has 2 aromatic rings. The van der Waals surface area contributed by atoms with Crippen LogP contribution in [0.25, 0.3) is 0 Å². The van der Waals surface area contributed by atoms with Gasteiger partial charge in [0.25, 0.3) is 5.91 Å². The zero-order valence-corrected chi connectivity index (χ0v) is 14.9. The molecule has 0 spiro atoms. The van der Waals surface area contributed by atoms with Crippen molar-refractivity contribution in [3.63, 3.8) is 0 Å². The maximum absolute atomic E-state index is 12.7. The van der Waals surface area contributed by atoms with Gasteiger partial charge in [0.2, 0.25) is 0 Å². The molecule has 1 aliphatic rings. The molecular formula is C19H21BrN2O. The van der Waals surface area contributed by atoms with Crippen LogP contribution >= 0.6 is 15.9 Å². The minimum Gasteiger partial charge on any atom is -0.368 e. The van der Waals surface area contributed by atoms with E-state index >= 15 is 0 Å². The largest absolute Gasteiger partial charge is 0.368 e. The molecule has 4 heteroatoms. The van der Waals surface area contributed by atoms with Crippen molar-refractivity contribution < 1.29 is 4.79 Å². The number of amides is 1. The standard InChI is InChI=1S/C19H21BrN2O/c1-2-15-7-3-6-10-18(15)21-11-13-22(14-12-21)19(23)16-8-4-5-9-17(16)20/h3-10H,2,11-14H2,1H3. The number of anilines is 1. The van der Waals surface area contributed by atoms with E-state index < -0.39 is 0 Å². The molecule has 1 fully saturated rings. The van der Waals surface area contributed by atoms with Crippen LogP contribution in [0.3, 0.4) is 0 Å². The topological polar surface area (TPSA) is 23.6 Å². The van der Waals surface area contributed by atoms with Crippen LogP contribution in [0.4, 0.5) is 5.69 Å². The summed E-state index contributed by atoms with van der Waals surface area (Å²) in [6.45, 7) is 5.47. The number of aryl methyl sites for hydroxylation is 1. The normalized spacial score (nSPS) is 14.9. The van der Waals surface area contributed by atoms with Gasteiger partial charge in [-0.2, -0.15) is 0 Å². The summed E-state index contributed by atoms with van der Waals surface area (Å²) in [4.78, 5) is 17.0. The first kappa shape index (κ1) is 16.1. The first-order valence-corrected chi connectivity index (χ1v) is 8.86. The Morgan fingerprint density at radius 2 is 1.65 bits per heavy atom. The third-order valence-electron chi connectivity index (χ3n) is 4.38. The molecule has 2 aromatic carbocycles. The Bertz CT molecular complexity index is 693. The van der Waals surface area contributed by atoms with Gasteiger partial charge >= 0.3 is 0 Å². The molecule has 0 atom stereocenters. The minimum absolute atomic E-state index is 0.112. The van der Waals surface area contributed by atoms with Gasteiger partial charge < -0.3 is 9.80 Å². The SMILES string of the molecule is CCc1ccccc1N1CCN(C(=O)c2ccccc2Br)CC1. The van der Waals surface area contributed by atoms with Crippen LogP contribution in [-0.4, -0.2) is 37.0 Å². The van der Waals surface area contributed by atoms with Crippen molar-refractivity contribution in [2.24, 2.45) is 0 Å². The van der Waals surface area contributed by atoms with E-state index in [0.717, 1.165) is 42.6 Å². The first-order valence-electron chi connectivity index (χ1n) is 8.07. The molecule has 23 heavy (non-hydrogen) atoms. The molecule has 1 heterocycles. The molecule has 3 rings (SSSR count). The van der Waals surface area contributed by atoms with Crippen molar-refractivity contribution in [1.82, 2.24) is 4.90 Å². The summed E-state index contributed by atoms with van der Waals surface area (Å²) < 4.78 is 0.865. The molecule has 1 saturated heterocycles. The van der Waals surface area contributed by atoms with E-state index in [-0.39, 0.29) is 5.91 Å². The zero-order valence-electron chi connectivity index (χ0n) is 13.3. The van der Waals surface area contributed by atoms with E-state index in [1.165, 1.54) is 11.3 Å². The minimum atomic E-state index is 0.112. The summed E-state index contributed by atoms with van der Waals surface area (Å²) >= 11 is 3.47. The number of piperazine rings is 1. The van der Waals surface area contributed by atoms with E-state index in [2.05, 4.69) is 52.0 Å². The molecule has 0 saturated carbocycles. The first-order chi connectivity index (χ1) is 11.2. The summed E-state index contributed by atoms with van der Waals surface area (Å²) in [6, 6.07) is 16.2. The molecule has 1 amide bonds. The summed E-state index contributed by atoms with van der Waals surface area (Å²) in [5.41, 5.74) is 3.43. The van der Waals surface area contributed by atoms with E-state index in [1.54, 1.807) is 0 Å². The Morgan fingerprint density at radius 3 is 2.35 bits per heavy atom. The lowest BCUT2D eigenvalue weighted by Gasteiger charge is -2.37. The highest BCUT2D eigenvalue weighted by atomic mass is 79.9. The number of para-hydroxylation sites is 1. The lowest BCUT2D eigenvalue weighted by molar-refractivity contribution is 0.0746. The van der Waals surface area contributed by atoms with Crippen LogP contribution in [0.15, 0.2) is 53.0 Å². The summed E-state index contributed by atoms with van der Waals surface area (Å²) in [7, 11) is 0. The molecule has 0 radical (unpaired) electrons. The number of hydrogen-bond donors (Lipinski definition) is 0. The van der Waals surface area contributed by atoms with Gasteiger partial charge in [-0.1, -0.05) is 37.3 Å². The van der Waals surface area contributed by atoms with E-state index in [0.29, 0.717) is 0 Å². The highest BCUT2D eigenvalue weighted by Crippen LogP contribution is 2.24. The van der Waals surface area contributed by atoms with Gasteiger partial charge in [0.1, 0.15) is 0 Å². The molecule has 1 aliphatic heterocycles. The molecule has 0 aliphatic carbocycles. The maximum atomic E-state index is 12.7. The Morgan fingerprint density at radius 1 is 1.00 bits per heavy atom. The molecule has 0 aromatic heterocycles. The van der Waals surface area contributed by atoms with Crippen LogP contribution in [-0.2, 0) is 6.42 Å². The van der Waals surface area contributed by atoms with Gasteiger partial charge in [0, 0.05) is 36.3 Å². The van der Waals surface area contributed by atoms with Crippen molar-refractivity contribution >= 4 is 27.5 Å². The molecule has 3 nitrogen and oxygen atoms in total. The fourth-order valence-corrected chi connectivity index (χ4v) is 3.53. The number of benzene rings is 2. The average molecular weight is 373 g/mol. The van der Waals surface area contributed by atoms with Gasteiger partial charge in [-0.05, 0) is 46.1 Å². The number of hydrogen-bond acceptors (Lipinski definition) is 2. The van der Waals surface area contributed by atoms with Crippen molar-refractivity contribution in [3.05, 3.63) is 64.1 Å². The molecule has 0 N–H and O–H groups in total. The van der Waals surface area contributed by atoms with Crippen LogP contribution < -0.4 is 4.90 Å². The molecule has 0 bridgehead atoms. The second-order valence-electron chi connectivity index (χ2n) is 5.74. The Hall–Kier alpha value is -1.81. The number of nitrogens with zero attached hydrogens (tertiary/aromatic N) is 2. The molecular weight excluding hydrogens is 352 g/mol. The van der Waals surface area contributed by atoms with E-state index in [4.69, 9.17) is 0 Å². The summed E-state index contributed by atoms with van der Waals surface area (Å²) in [5.74, 6) is 0.112. The highest BCUT2D eigenvalue weighted by molar-refractivity contribution is 9.10. The number of halogens is 1. The summed E-state index contributed by atoms with van der Waals surface area (Å²) in [5, 5.41) is 0. The van der Waals surface area contributed by atoms with E-state index in [9.17, 15) is 4.79 Å². The van der Waals surface area contributed by atoms with Crippen LogP contribution in [0.1, 0.15) is 22.8 Å². The van der Waals surface area contributed by atoms with E-state index in [1.807, 2.05) is 29.2 Å². The maximum Gasteiger partial charge on any atom is 0.255 e. The van der Waals surface area contributed by atoms with Crippen LogP contribution in [0.2, 0.25) is 0 Å². The monoisotopic (exact) mass is 372 g/mol. The predicted octanol–water partition coefficient (Wildman–Crippen LogP) is 3.97. The van der Waals surface area contributed by atoms with Crippen molar-refractivity contribution in [2.75, 3.05) is 31.1 Å². The van der Waals surface area contributed by atoms with Crippen molar-refractivity contribution in [3.8, 4) is 0 Å². The van der Waals surface area contributed by atoms with Crippen LogP contribution in [0, 0.1) is 0 Å². The molecule has 120 valence electrons. The van der Waals surface area contributed by atoms with Gasteiger partial charge in [0.05, 0.1) is 5.56 Å². The fraction of sp³-hybridized carbons (Fsp3) is 0.316. The van der Waals surface area contributed by atoms with Crippen molar-refractivity contribution in [2.45, 2.75) is 13.3 Å². The fourth-order valence-electron chi connectivity index (χ4n) is 3.07. The third-order valence-corrected chi connectivity index (χ3v) is 5.08. The number of rotatable bonds is 3. The average Bonchev–Trinajstić information content (AvgIpc) is 2.61. The third kappa shape index (κ3) is 3.42. The Labute approximate surface area is 146 Å². The van der Waals surface area contributed by atoms with Crippen LogP contribution in [0.5, 0.6) is 0 Å². The predicted molar refractivity (Wildman–Crippen MR) is 98.1 cm³/mol. The lowest BCUT2D eigenvalue weighted by Crippen LogP contribution is -2.49. The molecule has 0 unspecified atom stereocenters. The Balaban J connectivity index is 1.69. The summed E-state index contributed by atoms with van der Waals surface area (Å²) in [6.07, 6.45) is 1.03. The quantitative estimate of drug-likeness (QED) is 0.813. The van der Waals surface area contributed by atoms with Crippen molar-refractivity contribution in [1.29, 1.82) is 0 Å². The zero-order chi connectivity index (χ0) is 16.2. The van der Waals surface area contributed by atoms with Gasteiger partial charge in [-0.15, -0.1) is 0 Å². The van der Waals surface area contributed by atoms with Gasteiger partial charge in [-0.25, -0.2) is 0 Å². The number of carbonyl (C=O) groups excluding carboxylic acids is 1. The van der Waals surface area contributed by atoms with Gasteiger partial charge in [-0.3, -0.25) is 4.79 Å². The Kier molecular flexibility index (Phi) is 5.01. The highest BCUT2D eigenvalue weighted by Gasteiger charge is 2.24. The second kappa shape index (κ2) is 7.18. The second-order valence-corrected chi connectivity index (χ2v) is 6.60. The smallest absolute Gasteiger partial charge is 0.255 e. The number of carbonyl (C=O) groups is 1.